The quantitative estimate of drug-likeness (QED) is 0.893. The van der Waals surface area contributed by atoms with Crippen LogP contribution in [0.5, 0.6) is 0 Å². The second-order valence-electron chi connectivity index (χ2n) is 6.33. The number of rotatable bonds is 3. The largest absolute Gasteiger partial charge is 0.352 e. The zero-order chi connectivity index (χ0) is 14.4. The lowest BCUT2D eigenvalue weighted by Gasteiger charge is -2.07. The predicted octanol–water partition coefficient (Wildman–Crippen LogP) is 4.00. The molecule has 2 nitrogen and oxygen atoms in total. The Labute approximate surface area is 121 Å². The zero-order valence-corrected chi connectivity index (χ0v) is 13.3. The normalized spacial score (nSPS) is 20.1. The van der Waals surface area contributed by atoms with Gasteiger partial charge in [-0.3, -0.25) is 4.79 Å². The number of carbonyl (C=O) groups excluding carboxylic acids is 1. The second-order valence-corrected chi connectivity index (χ2v) is 7.19. The van der Waals surface area contributed by atoms with Gasteiger partial charge in [-0.2, -0.15) is 0 Å². The number of nitrogens with one attached hydrogen (secondary N) is 1. The molecule has 1 amide bonds. The first kappa shape index (κ1) is 14.5. The highest BCUT2D eigenvalue weighted by atomic mass is 79.9. The van der Waals surface area contributed by atoms with E-state index in [2.05, 4.69) is 48.9 Å². The molecule has 1 aromatic carbocycles. The van der Waals surface area contributed by atoms with Crippen LogP contribution in [-0.2, 0) is 0 Å². The van der Waals surface area contributed by atoms with Gasteiger partial charge < -0.3 is 5.32 Å². The maximum absolute atomic E-state index is 13.4. The van der Waals surface area contributed by atoms with E-state index < -0.39 is 5.82 Å². The van der Waals surface area contributed by atoms with Gasteiger partial charge in [-0.15, -0.1) is 0 Å². The van der Waals surface area contributed by atoms with Crippen molar-refractivity contribution < 1.29 is 9.18 Å². The first-order chi connectivity index (χ1) is 8.68. The van der Waals surface area contributed by atoms with Gasteiger partial charge in [0.15, 0.2) is 0 Å². The molecule has 0 saturated heterocycles. The summed E-state index contributed by atoms with van der Waals surface area (Å²) < 4.78 is 13.7. The van der Waals surface area contributed by atoms with Crippen molar-refractivity contribution in [2.24, 2.45) is 16.7 Å². The third-order valence-corrected chi connectivity index (χ3v) is 5.61. The standard InChI is InChI=1S/C15H19BrFNO/c1-14(2)12(15(14,3)4)8-18-13(19)9-5-6-10(16)11(17)7-9/h5-7,12H,8H2,1-4H3,(H,18,19). The SMILES string of the molecule is CC1(C)C(CNC(=O)c2ccc(Br)c(F)c2)C1(C)C. The molecule has 1 aliphatic carbocycles. The topological polar surface area (TPSA) is 29.1 Å². The van der Waals surface area contributed by atoms with Crippen molar-refractivity contribution in [1.82, 2.24) is 5.32 Å². The molecule has 2 rings (SSSR count). The van der Waals surface area contributed by atoms with E-state index in [4.69, 9.17) is 0 Å². The van der Waals surface area contributed by atoms with Crippen LogP contribution in [0.15, 0.2) is 22.7 Å². The van der Waals surface area contributed by atoms with Crippen molar-refractivity contribution in [3.8, 4) is 0 Å². The molecule has 4 heteroatoms. The van der Waals surface area contributed by atoms with Crippen LogP contribution in [0.1, 0.15) is 38.1 Å². The summed E-state index contributed by atoms with van der Waals surface area (Å²) in [4.78, 5) is 12.0. The molecule has 0 atom stereocenters. The molecule has 0 heterocycles. The number of halogens is 2. The molecule has 0 bridgehead atoms. The Kier molecular flexibility index (Phi) is 3.50. The van der Waals surface area contributed by atoms with Crippen LogP contribution in [0.4, 0.5) is 4.39 Å². The lowest BCUT2D eigenvalue weighted by molar-refractivity contribution is 0.0949. The van der Waals surface area contributed by atoms with Gasteiger partial charge >= 0.3 is 0 Å². The monoisotopic (exact) mass is 327 g/mol. The fraction of sp³-hybridized carbons (Fsp3) is 0.533. The minimum absolute atomic E-state index is 0.218. The molecular weight excluding hydrogens is 309 g/mol. The molecule has 19 heavy (non-hydrogen) atoms. The zero-order valence-electron chi connectivity index (χ0n) is 11.7. The molecule has 0 aromatic heterocycles. The summed E-state index contributed by atoms with van der Waals surface area (Å²) >= 11 is 3.07. The molecule has 1 fully saturated rings. The Morgan fingerprint density at radius 1 is 1.32 bits per heavy atom. The van der Waals surface area contributed by atoms with Gasteiger partial charge in [0.05, 0.1) is 4.47 Å². The maximum atomic E-state index is 13.4. The maximum Gasteiger partial charge on any atom is 0.251 e. The summed E-state index contributed by atoms with van der Waals surface area (Å²) in [5, 5.41) is 2.90. The number of hydrogen-bond donors (Lipinski definition) is 1. The molecule has 1 aromatic rings. The van der Waals surface area contributed by atoms with Crippen LogP contribution in [0, 0.1) is 22.6 Å². The minimum atomic E-state index is -0.417. The summed E-state index contributed by atoms with van der Waals surface area (Å²) in [5.74, 6) is -0.172. The number of carbonyl (C=O) groups is 1. The van der Waals surface area contributed by atoms with E-state index >= 15 is 0 Å². The molecule has 1 N–H and O–H groups in total. The molecule has 1 saturated carbocycles. The van der Waals surface area contributed by atoms with Crippen LogP contribution in [0.25, 0.3) is 0 Å². The van der Waals surface area contributed by atoms with Crippen molar-refractivity contribution in [1.29, 1.82) is 0 Å². The molecule has 0 unspecified atom stereocenters. The Balaban J connectivity index is 1.98. The predicted molar refractivity (Wildman–Crippen MR) is 77.5 cm³/mol. The van der Waals surface area contributed by atoms with Gasteiger partial charge in [-0.25, -0.2) is 4.39 Å². The van der Waals surface area contributed by atoms with Crippen LogP contribution < -0.4 is 5.32 Å². The molecule has 0 spiro atoms. The van der Waals surface area contributed by atoms with E-state index in [1.807, 2.05) is 0 Å². The molecule has 0 radical (unpaired) electrons. The van der Waals surface area contributed by atoms with Crippen LogP contribution in [0.2, 0.25) is 0 Å². The smallest absolute Gasteiger partial charge is 0.251 e. The molecule has 0 aliphatic heterocycles. The fourth-order valence-corrected chi connectivity index (χ4v) is 3.02. The van der Waals surface area contributed by atoms with E-state index in [1.54, 1.807) is 12.1 Å². The van der Waals surface area contributed by atoms with Crippen molar-refractivity contribution in [2.75, 3.05) is 6.54 Å². The lowest BCUT2D eigenvalue weighted by Crippen LogP contribution is -2.27. The second kappa shape index (κ2) is 4.58. The van der Waals surface area contributed by atoms with E-state index in [0.717, 1.165) is 0 Å². The number of hydrogen-bond acceptors (Lipinski definition) is 1. The fourth-order valence-electron chi connectivity index (χ4n) is 2.78. The van der Waals surface area contributed by atoms with E-state index in [0.29, 0.717) is 22.5 Å². The van der Waals surface area contributed by atoms with Crippen LogP contribution in [-0.4, -0.2) is 12.5 Å². The average molecular weight is 328 g/mol. The Morgan fingerprint density at radius 2 is 1.89 bits per heavy atom. The third-order valence-electron chi connectivity index (χ3n) is 4.97. The van der Waals surface area contributed by atoms with E-state index in [1.165, 1.54) is 6.07 Å². The van der Waals surface area contributed by atoms with Crippen LogP contribution in [0.3, 0.4) is 0 Å². The van der Waals surface area contributed by atoms with Crippen LogP contribution >= 0.6 is 15.9 Å². The molecule has 1 aliphatic rings. The minimum Gasteiger partial charge on any atom is -0.352 e. The van der Waals surface area contributed by atoms with Gasteiger partial charge in [-0.05, 0) is 50.9 Å². The Bertz CT molecular complexity index is 511. The first-order valence-corrected chi connectivity index (χ1v) is 7.20. The summed E-state index contributed by atoms with van der Waals surface area (Å²) in [6.07, 6.45) is 0. The van der Waals surface area contributed by atoms with Gasteiger partial charge in [-0.1, -0.05) is 27.7 Å². The Morgan fingerprint density at radius 3 is 2.37 bits per heavy atom. The van der Waals surface area contributed by atoms with Crippen molar-refractivity contribution in [2.45, 2.75) is 27.7 Å². The number of amides is 1. The molecular formula is C15H19BrFNO. The number of benzene rings is 1. The van der Waals surface area contributed by atoms with Crippen molar-refractivity contribution >= 4 is 21.8 Å². The summed E-state index contributed by atoms with van der Waals surface area (Å²) in [7, 11) is 0. The first-order valence-electron chi connectivity index (χ1n) is 6.41. The van der Waals surface area contributed by atoms with Gasteiger partial charge in [0.2, 0.25) is 0 Å². The summed E-state index contributed by atoms with van der Waals surface area (Å²) in [5.41, 5.74) is 0.841. The molecule has 104 valence electrons. The third kappa shape index (κ3) is 2.42. The Hall–Kier alpha value is -0.900. The summed E-state index contributed by atoms with van der Waals surface area (Å²) in [6.45, 7) is 9.48. The van der Waals surface area contributed by atoms with Crippen molar-refractivity contribution in [3.05, 3.63) is 34.1 Å². The average Bonchev–Trinajstić information content (AvgIpc) is 2.70. The van der Waals surface area contributed by atoms with Crippen molar-refractivity contribution in [3.63, 3.8) is 0 Å². The highest BCUT2D eigenvalue weighted by Crippen LogP contribution is 2.67. The van der Waals surface area contributed by atoms with E-state index in [9.17, 15) is 9.18 Å². The van der Waals surface area contributed by atoms with E-state index in [-0.39, 0.29) is 16.7 Å². The van der Waals surface area contributed by atoms with Gasteiger partial charge in [0.25, 0.3) is 5.91 Å². The lowest BCUT2D eigenvalue weighted by atomic mass is 10.0. The highest BCUT2D eigenvalue weighted by Gasteiger charge is 2.64. The van der Waals surface area contributed by atoms with Gasteiger partial charge in [0, 0.05) is 12.1 Å². The summed E-state index contributed by atoms with van der Waals surface area (Å²) in [6, 6.07) is 4.42. The van der Waals surface area contributed by atoms with Gasteiger partial charge in [0.1, 0.15) is 5.82 Å². The highest BCUT2D eigenvalue weighted by molar-refractivity contribution is 9.10.